The lowest BCUT2D eigenvalue weighted by molar-refractivity contribution is -0.137. The van der Waals surface area contributed by atoms with Gasteiger partial charge in [0.1, 0.15) is 5.82 Å². The molecule has 7 nitrogen and oxygen atoms in total. The van der Waals surface area contributed by atoms with Gasteiger partial charge in [0.2, 0.25) is 0 Å². The van der Waals surface area contributed by atoms with Crippen molar-refractivity contribution >= 4 is 46.1 Å². The average Bonchev–Trinajstić information content (AvgIpc) is 3.43. The van der Waals surface area contributed by atoms with Crippen molar-refractivity contribution in [3.05, 3.63) is 101 Å². The Balaban J connectivity index is 1.54. The minimum absolute atomic E-state index is 0.0600. The van der Waals surface area contributed by atoms with Crippen LogP contribution in [-0.2, 0) is 23.1 Å². The van der Waals surface area contributed by atoms with Crippen LogP contribution in [-0.4, -0.2) is 26.5 Å². The van der Waals surface area contributed by atoms with Gasteiger partial charge in [-0.3, -0.25) is 9.59 Å². The summed E-state index contributed by atoms with van der Waals surface area (Å²) in [6.45, 7) is 0. The van der Waals surface area contributed by atoms with Gasteiger partial charge in [-0.25, -0.2) is 4.98 Å². The minimum Gasteiger partial charge on any atom is -0.481 e. The summed E-state index contributed by atoms with van der Waals surface area (Å²) in [4.78, 5) is 28.4. The van der Waals surface area contributed by atoms with Crippen LogP contribution in [0, 0.1) is 0 Å². The number of hydrogen-bond donors (Lipinski definition) is 3. The average molecular weight is 499 g/mol. The van der Waals surface area contributed by atoms with E-state index < -0.39 is 5.97 Å². The number of halogens is 1. The Morgan fingerprint density at radius 2 is 1.83 bits per heavy atom. The van der Waals surface area contributed by atoms with Crippen LogP contribution in [0.5, 0.6) is 0 Å². The molecule has 1 aliphatic rings. The summed E-state index contributed by atoms with van der Waals surface area (Å²) in [6.07, 6.45) is 4.15. The summed E-state index contributed by atoms with van der Waals surface area (Å²) in [5, 5.41) is 15.9. The maximum atomic E-state index is 13.1. The third kappa shape index (κ3) is 4.74. The minimum atomic E-state index is -0.838. The van der Waals surface area contributed by atoms with Gasteiger partial charge in [0, 0.05) is 47.7 Å². The molecule has 4 aromatic rings. The second-order valence-electron chi connectivity index (χ2n) is 8.55. The second kappa shape index (κ2) is 9.71. The predicted molar refractivity (Wildman–Crippen MR) is 142 cm³/mol. The Labute approximate surface area is 213 Å². The summed E-state index contributed by atoms with van der Waals surface area (Å²) in [6, 6.07) is 20.7. The van der Waals surface area contributed by atoms with Crippen molar-refractivity contribution in [3.8, 4) is 11.4 Å². The van der Waals surface area contributed by atoms with Gasteiger partial charge in [-0.15, -0.1) is 0 Å². The van der Waals surface area contributed by atoms with Crippen molar-refractivity contribution < 1.29 is 14.7 Å². The normalized spacial score (nSPS) is 13.8. The number of aliphatic carboxylic acids is 1. The maximum Gasteiger partial charge on any atom is 0.303 e. The molecule has 0 unspecified atom stereocenters. The third-order valence-electron chi connectivity index (χ3n) is 6.08. The number of benzene rings is 3. The van der Waals surface area contributed by atoms with E-state index in [1.54, 1.807) is 18.3 Å². The first-order chi connectivity index (χ1) is 17.4. The number of aromatic nitrogens is 2. The highest BCUT2D eigenvalue weighted by atomic mass is 35.5. The third-order valence-corrected chi connectivity index (χ3v) is 6.32. The SMILES string of the molecule is Cn1ccnc1-c1ccc(N/C(=C2\C(=O)Nc3cc(Cl)ccc32)c2ccc(CCC(=O)O)cc2)cc1. The fraction of sp³-hybridized carbons (Fsp3) is 0.107. The molecule has 0 radical (unpaired) electrons. The molecule has 0 spiro atoms. The van der Waals surface area contributed by atoms with Crippen LogP contribution in [0.4, 0.5) is 11.4 Å². The lowest BCUT2D eigenvalue weighted by Gasteiger charge is -2.16. The van der Waals surface area contributed by atoms with E-state index in [1.165, 1.54) is 0 Å². The van der Waals surface area contributed by atoms with Crippen LogP contribution >= 0.6 is 11.6 Å². The Morgan fingerprint density at radius 1 is 1.08 bits per heavy atom. The number of rotatable bonds is 7. The number of anilines is 2. The molecule has 3 aromatic carbocycles. The van der Waals surface area contributed by atoms with E-state index in [-0.39, 0.29) is 12.3 Å². The monoisotopic (exact) mass is 498 g/mol. The lowest BCUT2D eigenvalue weighted by Crippen LogP contribution is -2.10. The largest absolute Gasteiger partial charge is 0.481 e. The highest BCUT2D eigenvalue weighted by molar-refractivity contribution is 6.38. The zero-order valence-electron chi connectivity index (χ0n) is 19.5. The second-order valence-corrected chi connectivity index (χ2v) is 8.99. The molecule has 0 saturated carbocycles. The topological polar surface area (TPSA) is 96.3 Å². The molecular weight excluding hydrogens is 476 g/mol. The highest BCUT2D eigenvalue weighted by Gasteiger charge is 2.28. The molecule has 0 atom stereocenters. The van der Waals surface area contributed by atoms with E-state index in [2.05, 4.69) is 15.6 Å². The molecule has 0 bridgehead atoms. The summed E-state index contributed by atoms with van der Waals surface area (Å²) in [5.74, 6) is -0.206. The molecule has 3 N–H and O–H groups in total. The van der Waals surface area contributed by atoms with E-state index >= 15 is 0 Å². The molecule has 1 amide bonds. The van der Waals surface area contributed by atoms with Gasteiger partial charge in [-0.1, -0.05) is 41.9 Å². The Bertz CT molecular complexity index is 1490. The number of amides is 1. The van der Waals surface area contributed by atoms with E-state index in [0.717, 1.165) is 33.8 Å². The number of carboxylic acids is 1. The van der Waals surface area contributed by atoms with Crippen LogP contribution in [0.1, 0.15) is 23.1 Å². The van der Waals surface area contributed by atoms with Crippen molar-refractivity contribution in [2.24, 2.45) is 7.05 Å². The Hall–Kier alpha value is -4.36. The zero-order chi connectivity index (χ0) is 25.2. The van der Waals surface area contributed by atoms with Gasteiger partial charge in [-0.2, -0.15) is 0 Å². The number of hydrogen-bond acceptors (Lipinski definition) is 4. The molecule has 2 heterocycles. The zero-order valence-corrected chi connectivity index (χ0v) is 20.2. The van der Waals surface area contributed by atoms with Crippen molar-refractivity contribution in [3.63, 3.8) is 0 Å². The molecule has 8 heteroatoms. The number of nitrogens with one attached hydrogen (secondary N) is 2. The van der Waals surface area contributed by atoms with Crippen molar-refractivity contribution in [2.45, 2.75) is 12.8 Å². The first-order valence-corrected chi connectivity index (χ1v) is 11.8. The van der Waals surface area contributed by atoms with Crippen LogP contribution < -0.4 is 10.6 Å². The quantitative estimate of drug-likeness (QED) is 0.284. The lowest BCUT2D eigenvalue weighted by atomic mass is 9.98. The number of imidazole rings is 1. The number of carbonyl (C=O) groups is 2. The number of carbonyl (C=O) groups excluding carboxylic acids is 1. The molecule has 5 rings (SSSR count). The first kappa shape index (κ1) is 23.4. The molecule has 1 aromatic heterocycles. The van der Waals surface area contributed by atoms with Gasteiger partial charge in [-0.05, 0) is 53.9 Å². The van der Waals surface area contributed by atoms with E-state index in [4.69, 9.17) is 16.7 Å². The smallest absolute Gasteiger partial charge is 0.303 e. The van der Waals surface area contributed by atoms with Crippen LogP contribution in [0.25, 0.3) is 22.7 Å². The van der Waals surface area contributed by atoms with Crippen LogP contribution in [0.15, 0.2) is 79.1 Å². The molecule has 0 saturated heterocycles. The van der Waals surface area contributed by atoms with E-state index in [0.29, 0.717) is 28.4 Å². The number of fused-ring (bicyclic) bond motifs is 1. The summed E-state index contributed by atoms with van der Waals surface area (Å²) in [5.41, 5.74) is 6.06. The highest BCUT2D eigenvalue weighted by Crippen LogP contribution is 2.39. The molecule has 36 heavy (non-hydrogen) atoms. The molecule has 1 aliphatic heterocycles. The van der Waals surface area contributed by atoms with Gasteiger partial charge in [0.15, 0.2) is 0 Å². The van der Waals surface area contributed by atoms with Crippen LogP contribution in [0.3, 0.4) is 0 Å². The summed E-state index contributed by atoms with van der Waals surface area (Å²) in [7, 11) is 1.94. The molecule has 0 aliphatic carbocycles. The standard InChI is InChI=1S/C28H23ClN4O3/c1-33-15-14-30-27(33)19-7-10-21(11-8-19)31-26(18-5-2-17(3-6-18)4-13-24(34)35)25-22-12-9-20(29)16-23(22)32-28(25)36/h2-3,5-12,14-16,31H,4,13H2,1H3,(H,32,36)(H,34,35)/b26-25-. The number of aryl methyl sites for hydroxylation is 2. The predicted octanol–water partition coefficient (Wildman–Crippen LogP) is 5.69. The number of carboxylic acid groups (broad SMARTS) is 1. The molecular formula is C28H23ClN4O3. The molecule has 180 valence electrons. The van der Waals surface area contributed by atoms with Crippen molar-refractivity contribution in [1.29, 1.82) is 0 Å². The summed E-state index contributed by atoms with van der Waals surface area (Å²) < 4.78 is 1.95. The van der Waals surface area contributed by atoms with Gasteiger partial charge in [0.05, 0.1) is 17.0 Å². The fourth-order valence-electron chi connectivity index (χ4n) is 4.25. The van der Waals surface area contributed by atoms with Gasteiger partial charge >= 0.3 is 5.97 Å². The van der Waals surface area contributed by atoms with Crippen LogP contribution in [0.2, 0.25) is 5.02 Å². The van der Waals surface area contributed by atoms with Crippen molar-refractivity contribution in [1.82, 2.24) is 9.55 Å². The Kier molecular flexibility index (Phi) is 6.31. The van der Waals surface area contributed by atoms with Crippen molar-refractivity contribution in [2.75, 3.05) is 10.6 Å². The first-order valence-electron chi connectivity index (χ1n) is 11.4. The maximum absolute atomic E-state index is 13.1. The molecule has 0 fully saturated rings. The Morgan fingerprint density at radius 3 is 2.50 bits per heavy atom. The van der Waals surface area contributed by atoms with E-state index in [1.807, 2.05) is 72.4 Å². The van der Waals surface area contributed by atoms with E-state index in [9.17, 15) is 9.59 Å². The summed E-state index contributed by atoms with van der Waals surface area (Å²) >= 11 is 6.15. The van der Waals surface area contributed by atoms with Gasteiger partial charge < -0.3 is 20.3 Å². The fourth-order valence-corrected chi connectivity index (χ4v) is 4.42. The number of nitrogens with zero attached hydrogens (tertiary/aromatic N) is 2. The van der Waals surface area contributed by atoms with Gasteiger partial charge in [0.25, 0.3) is 5.91 Å².